The molecule has 154 valence electrons. The molecule has 3 rings (SSSR count). The van der Waals surface area contributed by atoms with Gasteiger partial charge >= 0.3 is 0 Å². The summed E-state index contributed by atoms with van der Waals surface area (Å²) in [6.45, 7) is 2.95. The summed E-state index contributed by atoms with van der Waals surface area (Å²) in [7, 11) is 1.66. The molecule has 1 fully saturated rings. The van der Waals surface area contributed by atoms with Crippen LogP contribution >= 0.6 is 0 Å². The molecule has 0 radical (unpaired) electrons. The zero-order valence-electron chi connectivity index (χ0n) is 16.7. The van der Waals surface area contributed by atoms with Crippen LogP contribution in [-0.2, 0) is 0 Å². The van der Waals surface area contributed by atoms with Crippen molar-refractivity contribution in [2.24, 2.45) is 0 Å². The molecule has 29 heavy (non-hydrogen) atoms. The lowest BCUT2D eigenvalue weighted by Crippen LogP contribution is -2.40. The number of methoxy groups -OCH3 is 1. The van der Waals surface area contributed by atoms with Gasteiger partial charge in [0.1, 0.15) is 5.75 Å². The summed E-state index contributed by atoms with van der Waals surface area (Å²) in [5, 5.41) is 14.0. The Morgan fingerprint density at radius 3 is 2.34 bits per heavy atom. The van der Waals surface area contributed by atoms with Gasteiger partial charge in [0.15, 0.2) is 5.78 Å². The van der Waals surface area contributed by atoms with E-state index in [1.165, 1.54) is 49.1 Å². The van der Waals surface area contributed by atoms with Crippen molar-refractivity contribution < 1.29 is 14.5 Å². The van der Waals surface area contributed by atoms with E-state index in [9.17, 15) is 14.9 Å². The smallest absolute Gasteiger partial charge is 0.269 e. The van der Waals surface area contributed by atoms with E-state index < -0.39 is 4.92 Å². The molecule has 1 heterocycles. The van der Waals surface area contributed by atoms with Crippen molar-refractivity contribution in [2.45, 2.75) is 25.3 Å². The third-order valence-electron chi connectivity index (χ3n) is 5.36. The second-order valence-corrected chi connectivity index (χ2v) is 7.24. The van der Waals surface area contributed by atoms with Crippen LogP contribution in [0.25, 0.3) is 0 Å². The number of non-ortho nitro benzene ring substituents is 1. The fourth-order valence-electron chi connectivity index (χ4n) is 3.71. The van der Waals surface area contributed by atoms with Gasteiger partial charge in [0.05, 0.1) is 18.6 Å². The molecular weight excluding hydrogens is 370 g/mol. The largest absolute Gasteiger partial charge is 0.497 e. The quantitative estimate of drug-likeness (QED) is 0.395. The molecular formula is C22H27N3O4. The van der Waals surface area contributed by atoms with Gasteiger partial charge in [-0.2, -0.15) is 0 Å². The van der Waals surface area contributed by atoms with E-state index in [0.29, 0.717) is 12.1 Å². The van der Waals surface area contributed by atoms with Crippen LogP contribution in [0.2, 0.25) is 0 Å². The molecule has 1 unspecified atom stereocenters. The molecule has 2 aromatic carbocycles. The third kappa shape index (κ3) is 5.62. The van der Waals surface area contributed by atoms with Crippen molar-refractivity contribution in [3.8, 4) is 5.75 Å². The van der Waals surface area contributed by atoms with Crippen LogP contribution in [0, 0.1) is 10.1 Å². The topological polar surface area (TPSA) is 84.7 Å². The lowest BCUT2D eigenvalue weighted by atomic mass is 10.0. The summed E-state index contributed by atoms with van der Waals surface area (Å²) in [6.07, 6.45) is 3.64. The summed E-state index contributed by atoms with van der Waals surface area (Å²) in [6, 6.07) is 14.0. The second-order valence-electron chi connectivity index (χ2n) is 7.24. The average Bonchev–Trinajstić information content (AvgIpc) is 2.77. The molecule has 7 heteroatoms. The highest BCUT2D eigenvalue weighted by Gasteiger charge is 2.22. The van der Waals surface area contributed by atoms with E-state index in [2.05, 4.69) is 22.3 Å². The lowest BCUT2D eigenvalue weighted by Gasteiger charge is -2.35. The first-order chi connectivity index (χ1) is 14.1. The molecule has 0 bridgehead atoms. The first-order valence-electron chi connectivity index (χ1n) is 9.95. The summed E-state index contributed by atoms with van der Waals surface area (Å²) in [4.78, 5) is 25.2. The van der Waals surface area contributed by atoms with Gasteiger partial charge in [-0.1, -0.05) is 18.6 Å². The minimum atomic E-state index is -0.468. The van der Waals surface area contributed by atoms with E-state index in [1.807, 2.05) is 12.1 Å². The molecule has 0 amide bonds. The first-order valence-corrected chi connectivity index (χ1v) is 9.95. The van der Waals surface area contributed by atoms with Gasteiger partial charge in [-0.25, -0.2) is 0 Å². The Morgan fingerprint density at radius 1 is 1.10 bits per heavy atom. The number of ether oxygens (including phenoxy) is 1. The third-order valence-corrected chi connectivity index (χ3v) is 5.36. The van der Waals surface area contributed by atoms with Gasteiger partial charge in [0, 0.05) is 30.3 Å². The monoisotopic (exact) mass is 397 g/mol. The minimum absolute atomic E-state index is 0.0147. The van der Waals surface area contributed by atoms with Crippen LogP contribution in [0.3, 0.4) is 0 Å². The molecule has 1 N–H and O–H groups in total. The van der Waals surface area contributed by atoms with Crippen molar-refractivity contribution >= 4 is 11.5 Å². The molecule has 0 spiro atoms. The minimum Gasteiger partial charge on any atom is -0.497 e. The predicted molar refractivity (Wildman–Crippen MR) is 111 cm³/mol. The molecule has 0 saturated carbocycles. The van der Waals surface area contributed by atoms with Crippen LogP contribution in [-0.4, -0.2) is 48.9 Å². The van der Waals surface area contributed by atoms with Gasteiger partial charge in [-0.3, -0.25) is 19.8 Å². The number of nitrogens with one attached hydrogen (secondary N) is 1. The maximum Gasteiger partial charge on any atom is 0.269 e. The van der Waals surface area contributed by atoms with Gasteiger partial charge in [-0.05, 0) is 55.8 Å². The fraction of sp³-hybridized carbons (Fsp3) is 0.409. The lowest BCUT2D eigenvalue weighted by molar-refractivity contribution is -0.384. The van der Waals surface area contributed by atoms with Crippen molar-refractivity contribution in [2.75, 3.05) is 33.3 Å². The second kappa shape index (κ2) is 10.1. The number of carbonyl (C=O) groups excluding carboxylic acids is 1. The van der Waals surface area contributed by atoms with E-state index in [4.69, 9.17) is 4.74 Å². The van der Waals surface area contributed by atoms with E-state index in [1.54, 1.807) is 7.11 Å². The van der Waals surface area contributed by atoms with Gasteiger partial charge in [0.2, 0.25) is 0 Å². The number of nitrogens with zero attached hydrogens (tertiary/aromatic N) is 2. The van der Waals surface area contributed by atoms with Crippen LogP contribution < -0.4 is 10.1 Å². The Morgan fingerprint density at radius 2 is 1.76 bits per heavy atom. The van der Waals surface area contributed by atoms with Crippen LogP contribution in [0.4, 0.5) is 5.69 Å². The van der Waals surface area contributed by atoms with Crippen molar-refractivity contribution in [3.63, 3.8) is 0 Å². The zero-order chi connectivity index (χ0) is 20.6. The van der Waals surface area contributed by atoms with Crippen molar-refractivity contribution in [1.82, 2.24) is 10.2 Å². The molecule has 0 aromatic heterocycles. The maximum atomic E-state index is 12.4. The summed E-state index contributed by atoms with van der Waals surface area (Å²) < 4.78 is 5.26. The molecule has 2 aromatic rings. The number of benzene rings is 2. The number of nitro groups is 1. The highest BCUT2D eigenvalue weighted by atomic mass is 16.6. The number of likely N-dealkylation sites (tertiary alicyclic amines) is 1. The number of hydrogen-bond acceptors (Lipinski definition) is 6. The number of Topliss-reactive ketones (excluding diaryl/α,β-unsaturated/α-hetero) is 1. The van der Waals surface area contributed by atoms with Gasteiger partial charge < -0.3 is 10.1 Å². The first kappa shape index (κ1) is 21.0. The SMILES string of the molecule is COc1ccc(C(CNCC(=O)c2ccc([N+](=O)[O-])cc2)N2CCCCC2)cc1. The van der Waals surface area contributed by atoms with Crippen molar-refractivity contribution in [3.05, 3.63) is 69.8 Å². The van der Waals surface area contributed by atoms with Crippen LogP contribution in [0.1, 0.15) is 41.2 Å². The summed E-state index contributed by atoms with van der Waals surface area (Å²) >= 11 is 0. The van der Waals surface area contributed by atoms with Crippen LogP contribution in [0.15, 0.2) is 48.5 Å². The number of hydrogen-bond donors (Lipinski definition) is 1. The van der Waals surface area contributed by atoms with Crippen molar-refractivity contribution in [1.29, 1.82) is 0 Å². The number of rotatable bonds is 9. The molecule has 1 saturated heterocycles. The van der Waals surface area contributed by atoms with Crippen LogP contribution in [0.5, 0.6) is 5.75 Å². The predicted octanol–water partition coefficient (Wildman–Crippen LogP) is 3.60. The van der Waals surface area contributed by atoms with Gasteiger partial charge in [-0.15, -0.1) is 0 Å². The number of carbonyl (C=O) groups is 1. The Kier molecular flexibility index (Phi) is 7.32. The number of ketones is 1. The normalized spacial score (nSPS) is 15.6. The Bertz CT molecular complexity index is 815. The zero-order valence-corrected chi connectivity index (χ0v) is 16.7. The van der Waals surface area contributed by atoms with Gasteiger partial charge in [0.25, 0.3) is 5.69 Å². The highest BCUT2D eigenvalue weighted by molar-refractivity contribution is 5.97. The summed E-state index contributed by atoms with van der Waals surface area (Å²) in [5.74, 6) is 0.750. The Hall–Kier alpha value is -2.77. The standard InChI is InChI=1S/C22H27N3O4/c1-29-20-11-7-17(8-12-20)21(24-13-3-2-4-14-24)15-23-16-22(26)18-5-9-19(10-6-18)25(27)28/h5-12,21,23H,2-4,13-16H2,1H3. The summed E-state index contributed by atoms with van der Waals surface area (Å²) in [5.41, 5.74) is 1.66. The average molecular weight is 397 g/mol. The molecule has 0 aliphatic carbocycles. The number of piperidine rings is 1. The Balaban J connectivity index is 1.62. The molecule has 1 aliphatic heterocycles. The molecule has 1 aliphatic rings. The molecule has 1 atom stereocenters. The number of nitro benzene ring substituents is 1. The Labute approximate surface area is 170 Å². The maximum absolute atomic E-state index is 12.4. The highest BCUT2D eigenvalue weighted by Crippen LogP contribution is 2.26. The van der Waals surface area contributed by atoms with E-state index in [0.717, 1.165) is 18.8 Å². The van der Waals surface area contributed by atoms with E-state index >= 15 is 0 Å². The molecule has 7 nitrogen and oxygen atoms in total. The van der Waals surface area contributed by atoms with E-state index in [-0.39, 0.29) is 24.1 Å². The fourth-order valence-corrected chi connectivity index (χ4v) is 3.71.